The van der Waals surface area contributed by atoms with Crippen LogP contribution in [0.2, 0.25) is 0 Å². The molecule has 0 saturated heterocycles. The number of Topliss-reactive ketones (excluding diaryl/α,β-unsaturated/α-hetero) is 1. The molecule has 21 heavy (non-hydrogen) atoms. The Bertz CT molecular complexity index is 547. The van der Waals surface area contributed by atoms with E-state index in [2.05, 4.69) is 15.9 Å². The Morgan fingerprint density at radius 3 is 2.62 bits per heavy atom. The second kappa shape index (κ2) is 7.07. The summed E-state index contributed by atoms with van der Waals surface area (Å²) in [6.45, 7) is 1.60. The highest BCUT2D eigenvalue weighted by Gasteiger charge is 2.23. The molecule has 4 nitrogen and oxygen atoms in total. The zero-order chi connectivity index (χ0) is 15.4. The zero-order valence-electron chi connectivity index (χ0n) is 12.0. The van der Waals surface area contributed by atoms with Crippen molar-refractivity contribution in [1.82, 2.24) is 0 Å². The topological polar surface area (TPSA) is 63.6 Å². The van der Waals surface area contributed by atoms with Crippen LogP contribution in [0.5, 0.6) is 5.75 Å². The number of carbonyl (C=O) groups excluding carboxylic acids is 2. The number of aryl methyl sites for hydroxylation is 1. The molecule has 1 aromatic rings. The summed E-state index contributed by atoms with van der Waals surface area (Å²) in [5, 5.41) is 9.87. The first kappa shape index (κ1) is 16.0. The van der Waals surface area contributed by atoms with Gasteiger partial charge >= 0.3 is 5.97 Å². The van der Waals surface area contributed by atoms with Crippen molar-refractivity contribution in [3.63, 3.8) is 0 Å². The first-order valence-corrected chi connectivity index (χ1v) is 7.97. The maximum absolute atomic E-state index is 12.0. The Labute approximate surface area is 132 Å². The van der Waals surface area contributed by atoms with E-state index in [4.69, 9.17) is 4.74 Å². The van der Waals surface area contributed by atoms with Crippen molar-refractivity contribution in [3.05, 3.63) is 27.7 Å². The number of carbonyl (C=O) groups is 2. The quantitative estimate of drug-likeness (QED) is 0.835. The smallest absolute Gasteiger partial charge is 0.342 e. The molecule has 114 valence electrons. The molecule has 0 unspecified atom stereocenters. The normalized spacial score (nSPS) is 15.7. The molecule has 1 aliphatic carbocycles. The van der Waals surface area contributed by atoms with E-state index in [-0.39, 0.29) is 29.6 Å². The Morgan fingerprint density at radius 1 is 1.29 bits per heavy atom. The summed E-state index contributed by atoms with van der Waals surface area (Å²) in [4.78, 5) is 24.0. The first-order chi connectivity index (χ1) is 9.99. The zero-order valence-corrected chi connectivity index (χ0v) is 13.6. The number of esters is 1. The minimum absolute atomic E-state index is 0.0180. The lowest BCUT2D eigenvalue weighted by Crippen LogP contribution is -2.24. The lowest BCUT2D eigenvalue weighted by Gasteiger charge is -2.20. The van der Waals surface area contributed by atoms with Crippen LogP contribution < -0.4 is 0 Å². The molecule has 0 atom stereocenters. The average molecular weight is 355 g/mol. The maximum Gasteiger partial charge on any atom is 0.342 e. The summed E-state index contributed by atoms with van der Waals surface area (Å²) in [6.07, 6.45) is 5.08. The molecule has 0 aliphatic heterocycles. The third-order valence-electron chi connectivity index (χ3n) is 3.83. The van der Waals surface area contributed by atoms with E-state index in [1.807, 2.05) is 6.92 Å². The van der Waals surface area contributed by atoms with Gasteiger partial charge in [0, 0.05) is 5.92 Å². The summed E-state index contributed by atoms with van der Waals surface area (Å²) >= 11 is 3.18. The fourth-order valence-electron chi connectivity index (χ4n) is 2.65. The van der Waals surface area contributed by atoms with Crippen LogP contribution in [-0.2, 0) is 9.53 Å². The van der Waals surface area contributed by atoms with E-state index in [1.165, 1.54) is 6.42 Å². The first-order valence-electron chi connectivity index (χ1n) is 7.18. The molecule has 1 N–H and O–H groups in total. The van der Waals surface area contributed by atoms with Crippen LogP contribution in [0.25, 0.3) is 0 Å². The molecule has 2 rings (SSSR count). The van der Waals surface area contributed by atoms with Crippen LogP contribution in [0.1, 0.15) is 48.0 Å². The summed E-state index contributed by atoms with van der Waals surface area (Å²) in [6, 6.07) is 3.26. The number of rotatable bonds is 4. The van der Waals surface area contributed by atoms with Gasteiger partial charge in [-0.1, -0.05) is 19.3 Å². The van der Waals surface area contributed by atoms with Crippen LogP contribution >= 0.6 is 15.9 Å². The molecule has 0 heterocycles. The number of hydrogen-bond donors (Lipinski definition) is 1. The number of phenols is 1. The number of phenolic OH excluding ortho intramolecular Hbond substituents is 1. The van der Waals surface area contributed by atoms with Gasteiger partial charge in [-0.15, -0.1) is 0 Å². The molecule has 5 heteroatoms. The van der Waals surface area contributed by atoms with E-state index >= 15 is 0 Å². The predicted octanol–water partition coefficient (Wildman–Crippen LogP) is 3.77. The van der Waals surface area contributed by atoms with Crippen LogP contribution in [0.15, 0.2) is 16.6 Å². The Kier molecular flexibility index (Phi) is 5.39. The molecular formula is C16H19BrO4. The Morgan fingerprint density at radius 2 is 1.95 bits per heavy atom. The van der Waals surface area contributed by atoms with Crippen molar-refractivity contribution in [2.45, 2.75) is 39.0 Å². The standard InChI is InChI=1S/C16H19BrO4/c1-10-7-12(15(19)13(17)8-10)16(20)21-9-14(18)11-5-3-2-4-6-11/h7-8,11,19H,2-6,9H2,1H3. The van der Waals surface area contributed by atoms with E-state index in [1.54, 1.807) is 12.1 Å². The highest BCUT2D eigenvalue weighted by Crippen LogP contribution is 2.30. The molecule has 1 saturated carbocycles. The summed E-state index contributed by atoms with van der Waals surface area (Å²) in [5.74, 6) is -0.824. The van der Waals surface area contributed by atoms with Gasteiger partial charge in [0.1, 0.15) is 11.3 Å². The van der Waals surface area contributed by atoms with Gasteiger partial charge in [-0.2, -0.15) is 0 Å². The van der Waals surface area contributed by atoms with Gasteiger partial charge in [-0.05, 0) is 53.4 Å². The highest BCUT2D eigenvalue weighted by atomic mass is 79.9. The van der Waals surface area contributed by atoms with E-state index in [0.717, 1.165) is 31.2 Å². The van der Waals surface area contributed by atoms with Gasteiger partial charge in [0.15, 0.2) is 12.4 Å². The number of aromatic hydroxyl groups is 1. The van der Waals surface area contributed by atoms with E-state index in [9.17, 15) is 14.7 Å². The van der Waals surface area contributed by atoms with Gasteiger partial charge < -0.3 is 9.84 Å². The molecule has 0 bridgehead atoms. The minimum Gasteiger partial charge on any atom is -0.506 e. The molecule has 0 radical (unpaired) electrons. The van der Waals surface area contributed by atoms with Crippen LogP contribution in [-0.4, -0.2) is 23.5 Å². The van der Waals surface area contributed by atoms with Gasteiger partial charge in [0.05, 0.1) is 4.47 Å². The predicted molar refractivity (Wildman–Crippen MR) is 82.4 cm³/mol. The van der Waals surface area contributed by atoms with Gasteiger partial charge in [0.25, 0.3) is 0 Å². The summed E-state index contributed by atoms with van der Waals surface area (Å²) < 4.78 is 5.50. The largest absolute Gasteiger partial charge is 0.506 e. The molecule has 0 amide bonds. The Hall–Kier alpha value is -1.36. The Balaban J connectivity index is 1.97. The summed E-state index contributed by atoms with van der Waals surface area (Å²) in [5.41, 5.74) is 0.906. The summed E-state index contributed by atoms with van der Waals surface area (Å²) in [7, 11) is 0. The van der Waals surface area contributed by atoms with Crippen LogP contribution in [0, 0.1) is 12.8 Å². The fourth-order valence-corrected chi connectivity index (χ4v) is 3.22. The number of benzene rings is 1. The second-order valence-corrected chi connectivity index (χ2v) is 6.37. The van der Waals surface area contributed by atoms with Gasteiger partial charge in [-0.3, -0.25) is 4.79 Å². The number of ketones is 1. The van der Waals surface area contributed by atoms with Crippen molar-refractivity contribution < 1.29 is 19.4 Å². The maximum atomic E-state index is 12.0. The van der Waals surface area contributed by atoms with Crippen molar-refractivity contribution >= 4 is 27.7 Å². The molecule has 0 aromatic heterocycles. The van der Waals surface area contributed by atoms with Crippen molar-refractivity contribution in [2.75, 3.05) is 6.61 Å². The number of hydrogen-bond acceptors (Lipinski definition) is 4. The lowest BCUT2D eigenvalue weighted by atomic mass is 9.86. The molecule has 1 aliphatic rings. The van der Waals surface area contributed by atoms with Crippen molar-refractivity contribution in [1.29, 1.82) is 0 Å². The molecule has 0 spiro atoms. The molecule has 1 aromatic carbocycles. The van der Waals surface area contributed by atoms with Crippen LogP contribution in [0.4, 0.5) is 0 Å². The SMILES string of the molecule is Cc1cc(Br)c(O)c(C(=O)OCC(=O)C2CCCCC2)c1. The van der Waals surface area contributed by atoms with Crippen molar-refractivity contribution in [2.24, 2.45) is 5.92 Å². The van der Waals surface area contributed by atoms with Crippen molar-refractivity contribution in [3.8, 4) is 5.75 Å². The fraction of sp³-hybridized carbons (Fsp3) is 0.500. The highest BCUT2D eigenvalue weighted by molar-refractivity contribution is 9.10. The van der Waals surface area contributed by atoms with Gasteiger partial charge in [-0.25, -0.2) is 4.79 Å². The van der Waals surface area contributed by atoms with Crippen LogP contribution in [0.3, 0.4) is 0 Å². The monoisotopic (exact) mass is 354 g/mol. The average Bonchev–Trinajstić information content (AvgIpc) is 2.49. The third kappa shape index (κ3) is 4.06. The molecular weight excluding hydrogens is 336 g/mol. The number of ether oxygens (including phenoxy) is 1. The lowest BCUT2D eigenvalue weighted by molar-refractivity contribution is -0.126. The van der Waals surface area contributed by atoms with Gasteiger partial charge in [0.2, 0.25) is 0 Å². The third-order valence-corrected chi connectivity index (χ3v) is 4.44. The van der Waals surface area contributed by atoms with E-state index < -0.39 is 5.97 Å². The van der Waals surface area contributed by atoms with E-state index in [0.29, 0.717) is 4.47 Å². The number of halogens is 1. The second-order valence-electron chi connectivity index (χ2n) is 5.52. The molecule has 1 fully saturated rings. The minimum atomic E-state index is -0.666.